The Bertz CT molecular complexity index is 1250. The van der Waals surface area contributed by atoms with Gasteiger partial charge in [-0.25, -0.2) is 4.98 Å². The molecule has 0 saturated carbocycles. The molecule has 5 heteroatoms. The first kappa shape index (κ1) is 19.8. The van der Waals surface area contributed by atoms with Gasteiger partial charge in [0.05, 0.1) is 17.6 Å². The molecule has 0 N–H and O–H groups in total. The molecule has 0 unspecified atom stereocenters. The van der Waals surface area contributed by atoms with Gasteiger partial charge in [-0.2, -0.15) is 0 Å². The maximum absolute atomic E-state index is 12.9. The standard InChI is InChI=1S/C25H19ClN2O2/c1-17-6-11-19(12-7-17)24(30)16-28-22-5-3-2-4-21(22)27-25(28)23(29)15-10-18-8-13-20(26)14-9-18/h2-15H,16H2,1H3/b15-10+. The van der Waals surface area contributed by atoms with Crippen LogP contribution in [-0.4, -0.2) is 21.1 Å². The smallest absolute Gasteiger partial charge is 0.221 e. The average molecular weight is 415 g/mol. The van der Waals surface area contributed by atoms with Crippen molar-refractivity contribution in [3.63, 3.8) is 0 Å². The highest BCUT2D eigenvalue weighted by Crippen LogP contribution is 2.19. The van der Waals surface area contributed by atoms with Gasteiger partial charge >= 0.3 is 0 Å². The zero-order valence-corrected chi connectivity index (χ0v) is 17.1. The summed E-state index contributed by atoms with van der Waals surface area (Å²) in [6.45, 7) is 2.01. The molecule has 148 valence electrons. The maximum atomic E-state index is 12.9. The lowest BCUT2D eigenvalue weighted by atomic mass is 10.1. The summed E-state index contributed by atoms with van der Waals surface area (Å²) < 4.78 is 1.69. The molecule has 0 saturated heterocycles. The number of Topliss-reactive ketones (excluding diaryl/α,β-unsaturated/α-hetero) is 1. The van der Waals surface area contributed by atoms with E-state index in [0.717, 1.165) is 16.6 Å². The minimum Gasteiger partial charge on any atom is -0.313 e. The molecule has 0 radical (unpaired) electrons. The lowest BCUT2D eigenvalue weighted by molar-refractivity contribution is 0.0969. The van der Waals surface area contributed by atoms with Gasteiger partial charge in [0, 0.05) is 10.6 Å². The fraction of sp³-hybridized carbons (Fsp3) is 0.0800. The Labute approximate surface area is 179 Å². The summed E-state index contributed by atoms with van der Waals surface area (Å²) in [4.78, 5) is 30.3. The van der Waals surface area contributed by atoms with Crippen molar-refractivity contribution in [2.75, 3.05) is 0 Å². The normalized spacial score (nSPS) is 11.3. The first-order chi connectivity index (χ1) is 14.5. The third-order valence-corrected chi connectivity index (χ3v) is 5.10. The van der Waals surface area contributed by atoms with Gasteiger partial charge in [-0.05, 0) is 42.8 Å². The number of hydrogen-bond donors (Lipinski definition) is 0. The molecule has 0 amide bonds. The molecule has 3 aromatic carbocycles. The molecule has 4 nitrogen and oxygen atoms in total. The highest BCUT2D eigenvalue weighted by molar-refractivity contribution is 6.30. The summed E-state index contributed by atoms with van der Waals surface area (Å²) in [7, 11) is 0. The maximum Gasteiger partial charge on any atom is 0.221 e. The van der Waals surface area contributed by atoms with Crippen molar-refractivity contribution in [1.29, 1.82) is 0 Å². The SMILES string of the molecule is Cc1ccc(C(=O)Cn2c(C(=O)/C=C/c3ccc(Cl)cc3)nc3ccccc32)cc1. The van der Waals surface area contributed by atoms with Gasteiger partial charge in [0.15, 0.2) is 11.6 Å². The quantitative estimate of drug-likeness (QED) is 0.297. The van der Waals surface area contributed by atoms with Gasteiger partial charge < -0.3 is 4.57 Å². The highest BCUT2D eigenvalue weighted by atomic mass is 35.5. The number of rotatable bonds is 6. The van der Waals surface area contributed by atoms with E-state index in [-0.39, 0.29) is 23.9 Å². The molecular formula is C25H19ClN2O2. The second kappa shape index (κ2) is 8.47. The Balaban J connectivity index is 1.67. The van der Waals surface area contributed by atoms with Crippen LogP contribution in [0, 0.1) is 6.92 Å². The number of ketones is 2. The number of carbonyl (C=O) groups is 2. The number of nitrogens with zero attached hydrogens (tertiary/aromatic N) is 2. The number of para-hydroxylation sites is 2. The van der Waals surface area contributed by atoms with Crippen LogP contribution in [0.25, 0.3) is 17.1 Å². The van der Waals surface area contributed by atoms with Crippen LogP contribution in [0.2, 0.25) is 5.02 Å². The van der Waals surface area contributed by atoms with E-state index in [1.165, 1.54) is 6.08 Å². The molecule has 0 aliphatic carbocycles. The summed E-state index contributed by atoms with van der Waals surface area (Å²) in [5.41, 5.74) is 3.97. The molecule has 0 fully saturated rings. The second-order valence-electron chi connectivity index (χ2n) is 7.05. The molecule has 0 atom stereocenters. The van der Waals surface area contributed by atoms with Gasteiger partial charge in [0.2, 0.25) is 5.78 Å². The van der Waals surface area contributed by atoms with Crippen LogP contribution in [0.5, 0.6) is 0 Å². The Hall–Kier alpha value is -3.50. The van der Waals surface area contributed by atoms with E-state index in [0.29, 0.717) is 16.1 Å². The first-order valence-corrected chi connectivity index (χ1v) is 9.92. The number of fused-ring (bicyclic) bond motifs is 1. The number of aryl methyl sites for hydroxylation is 1. The number of carbonyl (C=O) groups excluding carboxylic acids is 2. The highest BCUT2D eigenvalue weighted by Gasteiger charge is 2.18. The molecule has 1 aromatic heterocycles. The topological polar surface area (TPSA) is 52.0 Å². The van der Waals surface area contributed by atoms with Crippen LogP contribution in [0.1, 0.15) is 32.1 Å². The van der Waals surface area contributed by atoms with Crippen molar-refractivity contribution < 1.29 is 9.59 Å². The van der Waals surface area contributed by atoms with E-state index in [1.807, 2.05) is 55.5 Å². The number of imidazole rings is 1. The number of aromatic nitrogens is 2. The van der Waals surface area contributed by atoms with Crippen molar-refractivity contribution in [1.82, 2.24) is 9.55 Å². The van der Waals surface area contributed by atoms with E-state index < -0.39 is 0 Å². The molecule has 0 aliphatic heterocycles. The summed E-state index contributed by atoms with van der Waals surface area (Å²) >= 11 is 5.91. The molecule has 4 aromatic rings. The zero-order chi connectivity index (χ0) is 21.1. The van der Waals surface area contributed by atoms with Crippen molar-refractivity contribution in [2.45, 2.75) is 13.5 Å². The molecule has 4 rings (SSSR count). The summed E-state index contributed by atoms with van der Waals surface area (Å²) in [5.74, 6) is -0.103. The Morgan fingerprint density at radius 2 is 1.67 bits per heavy atom. The Kier molecular flexibility index (Phi) is 5.59. The minimum absolute atomic E-state index is 0.0411. The minimum atomic E-state index is -0.266. The summed E-state index contributed by atoms with van der Waals surface area (Å²) in [6.07, 6.45) is 3.18. The monoisotopic (exact) mass is 414 g/mol. The van der Waals surface area contributed by atoms with Crippen LogP contribution in [-0.2, 0) is 6.54 Å². The van der Waals surface area contributed by atoms with Crippen LogP contribution >= 0.6 is 11.6 Å². The molecular weight excluding hydrogens is 396 g/mol. The van der Waals surface area contributed by atoms with Gasteiger partial charge in [0.25, 0.3) is 0 Å². The van der Waals surface area contributed by atoms with E-state index in [1.54, 1.807) is 34.9 Å². The third-order valence-electron chi connectivity index (χ3n) is 4.85. The molecule has 0 spiro atoms. The summed E-state index contributed by atoms with van der Waals surface area (Å²) in [5, 5.41) is 0.634. The first-order valence-electron chi connectivity index (χ1n) is 9.54. The predicted octanol–water partition coefficient (Wildman–Crippen LogP) is 5.78. The number of hydrogen-bond acceptors (Lipinski definition) is 3. The van der Waals surface area contributed by atoms with Gasteiger partial charge in [-0.15, -0.1) is 0 Å². The van der Waals surface area contributed by atoms with Crippen LogP contribution in [0.3, 0.4) is 0 Å². The molecule has 30 heavy (non-hydrogen) atoms. The van der Waals surface area contributed by atoms with Gasteiger partial charge in [0.1, 0.15) is 0 Å². The van der Waals surface area contributed by atoms with Crippen molar-refractivity contribution in [3.05, 3.63) is 106 Å². The summed E-state index contributed by atoms with van der Waals surface area (Å²) in [6, 6.07) is 22.0. The Morgan fingerprint density at radius 1 is 0.967 bits per heavy atom. The Morgan fingerprint density at radius 3 is 2.40 bits per heavy atom. The fourth-order valence-electron chi connectivity index (χ4n) is 3.22. The van der Waals surface area contributed by atoms with Crippen LogP contribution < -0.4 is 0 Å². The lowest BCUT2D eigenvalue weighted by Crippen LogP contribution is -2.15. The molecule has 0 bridgehead atoms. The van der Waals surface area contributed by atoms with E-state index in [2.05, 4.69) is 4.98 Å². The van der Waals surface area contributed by atoms with E-state index in [9.17, 15) is 9.59 Å². The molecule has 0 aliphatic rings. The fourth-order valence-corrected chi connectivity index (χ4v) is 3.34. The third kappa shape index (κ3) is 4.24. The van der Waals surface area contributed by atoms with Crippen molar-refractivity contribution >= 4 is 40.3 Å². The second-order valence-corrected chi connectivity index (χ2v) is 7.49. The number of benzene rings is 3. The molecule has 1 heterocycles. The number of halogens is 1. The van der Waals surface area contributed by atoms with Crippen LogP contribution in [0.4, 0.5) is 0 Å². The predicted molar refractivity (Wildman–Crippen MR) is 120 cm³/mol. The largest absolute Gasteiger partial charge is 0.313 e. The van der Waals surface area contributed by atoms with Gasteiger partial charge in [-0.3, -0.25) is 9.59 Å². The van der Waals surface area contributed by atoms with Crippen LogP contribution in [0.15, 0.2) is 78.9 Å². The average Bonchev–Trinajstić information content (AvgIpc) is 3.12. The zero-order valence-electron chi connectivity index (χ0n) is 16.4. The van der Waals surface area contributed by atoms with E-state index >= 15 is 0 Å². The van der Waals surface area contributed by atoms with Crippen molar-refractivity contribution in [2.24, 2.45) is 0 Å². The van der Waals surface area contributed by atoms with Crippen molar-refractivity contribution in [3.8, 4) is 0 Å². The lowest BCUT2D eigenvalue weighted by Gasteiger charge is -2.07. The van der Waals surface area contributed by atoms with E-state index in [4.69, 9.17) is 11.6 Å². The number of allylic oxidation sites excluding steroid dienone is 1. The van der Waals surface area contributed by atoms with Gasteiger partial charge in [-0.1, -0.05) is 71.8 Å².